The molecule has 0 bridgehead atoms. The van der Waals surface area contributed by atoms with Crippen LogP contribution in [0.25, 0.3) is 0 Å². The minimum atomic E-state index is -0.203. The zero-order chi connectivity index (χ0) is 15.2. The predicted molar refractivity (Wildman–Crippen MR) is 84.9 cm³/mol. The van der Waals surface area contributed by atoms with Gasteiger partial charge in [0.15, 0.2) is 0 Å². The molecule has 0 aromatic heterocycles. The summed E-state index contributed by atoms with van der Waals surface area (Å²) >= 11 is 0. The fourth-order valence-corrected chi connectivity index (χ4v) is 1.51. The molecule has 2 rings (SSSR count). The summed E-state index contributed by atoms with van der Waals surface area (Å²) in [4.78, 5) is 11.5. The van der Waals surface area contributed by atoms with E-state index in [1.807, 2.05) is 0 Å². The molecule has 2 aromatic carbocycles. The number of anilines is 2. The van der Waals surface area contributed by atoms with Crippen LogP contribution in [0.4, 0.5) is 22.7 Å². The Labute approximate surface area is 123 Å². The van der Waals surface area contributed by atoms with E-state index in [9.17, 15) is 4.79 Å². The Kier molecular flexibility index (Phi) is 4.46. The molecule has 21 heavy (non-hydrogen) atoms. The first-order chi connectivity index (χ1) is 10.0. The van der Waals surface area contributed by atoms with Crippen LogP contribution >= 0.6 is 0 Å². The summed E-state index contributed by atoms with van der Waals surface area (Å²) in [6.07, 6.45) is 0. The van der Waals surface area contributed by atoms with E-state index in [2.05, 4.69) is 22.1 Å². The van der Waals surface area contributed by atoms with Crippen LogP contribution in [-0.4, -0.2) is 5.91 Å². The third-order valence-electron chi connectivity index (χ3n) is 2.69. The predicted octanol–water partition coefficient (Wildman–Crippen LogP) is 4.20. The van der Waals surface area contributed by atoms with Crippen LogP contribution in [0.15, 0.2) is 70.9 Å². The lowest BCUT2D eigenvalue weighted by molar-refractivity contribution is -0.112. The minimum Gasteiger partial charge on any atom is -0.399 e. The maximum Gasteiger partial charge on any atom is 0.250 e. The third-order valence-corrected chi connectivity index (χ3v) is 2.69. The molecule has 3 N–H and O–H groups in total. The first-order valence-electron chi connectivity index (χ1n) is 6.39. The molecule has 0 radical (unpaired) electrons. The van der Waals surface area contributed by atoms with E-state index in [4.69, 9.17) is 5.73 Å². The summed E-state index contributed by atoms with van der Waals surface area (Å²) < 4.78 is 0. The number of rotatable bonds is 4. The highest BCUT2D eigenvalue weighted by atomic mass is 16.1. The summed E-state index contributed by atoms with van der Waals surface area (Å²) in [5.41, 5.74) is 8.86. The molecule has 0 saturated carbocycles. The highest BCUT2D eigenvalue weighted by molar-refractivity contribution is 6.02. The highest BCUT2D eigenvalue weighted by Crippen LogP contribution is 2.21. The number of nitrogens with two attached hydrogens (primary N) is 1. The molecule has 0 spiro atoms. The van der Waals surface area contributed by atoms with Gasteiger partial charge in [0, 0.05) is 16.9 Å². The lowest BCUT2D eigenvalue weighted by atomic mass is 10.2. The van der Waals surface area contributed by atoms with Crippen LogP contribution in [0.5, 0.6) is 0 Å². The molecule has 0 fully saturated rings. The third kappa shape index (κ3) is 4.28. The molecule has 0 aliphatic carbocycles. The molecule has 5 heteroatoms. The van der Waals surface area contributed by atoms with Gasteiger partial charge in [0.1, 0.15) is 0 Å². The second kappa shape index (κ2) is 6.47. The zero-order valence-electron chi connectivity index (χ0n) is 11.7. The molecular weight excluding hydrogens is 264 g/mol. The van der Waals surface area contributed by atoms with Gasteiger partial charge in [0.25, 0.3) is 5.91 Å². The fourth-order valence-electron chi connectivity index (χ4n) is 1.51. The number of azo groups is 1. The number of nitrogen functional groups attached to an aromatic ring is 1. The van der Waals surface area contributed by atoms with Crippen LogP contribution in [0, 0.1) is 0 Å². The number of benzene rings is 2. The Hall–Kier alpha value is -2.95. The van der Waals surface area contributed by atoms with Gasteiger partial charge in [-0.25, -0.2) is 0 Å². The fraction of sp³-hybridized carbons (Fsp3) is 0.0625. The van der Waals surface area contributed by atoms with Crippen molar-refractivity contribution in [3.8, 4) is 0 Å². The summed E-state index contributed by atoms with van der Waals surface area (Å²) in [5, 5.41) is 10.9. The highest BCUT2D eigenvalue weighted by Gasteiger charge is 2.01. The molecule has 2 aromatic rings. The number of hydrogen-bond donors (Lipinski definition) is 2. The Morgan fingerprint density at radius 3 is 1.95 bits per heavy atom. The van der Waals surface area contributed by atoms with E-state index < -0.39 is 0 Å². The van der Waals surface area contributed by atoms with Gasteiger partial charge in [-0.05, 0) is 55.5 Å². The second-order valence-electron chi connectivity index (χ2n) is 4.57. The van der Waals surface area contributed by atoms with Crippen LogP contribution < -0.4 is 11.1 Å². The number of carbonyl (C=O) groups excluding carboxylic acids is 1. The van der Waals surface area contributed by atoms with Gasteiger partial charge < -0.3 is 11.1 Å². The summed E-state index contributed by atoms with van der Waals surface area (Å²) in [6.45, 7) is 5.24. The molecular formula is C16H16N4O. The number of amides is 1. The van der Waals surface area contributed by atoms with Gasteiger partial charge in [0.05, 0.1) is 11.4 Å². The molecule has 0 unspecified atom stereocenters. The number of nitrogens with one attached hydrogen (secondary N) is 1. The van der Waals surface area contributed by atoms with E-state index in [0.29, 0.717) is 22.6 Å². The molecule has 5 nitrogen and oxygen atoms in total. The maximum atomic E-state index is 11.5. The summed E-state index contributed by atoms with van der Waals surface area (Å²) in [7, 11) is 0. The topological polar surface area (TPSA) is 79.8 Å². The van der Waals surface area contributed by atoms with Crippen molar-refractivity contribution < 1.29 is 4.79 Å². The van der Waals surface area contributed by atoms with Gasteiger partial charge in [-0.2, -0.15) is 10.2 Å². The van der Waals surface area contributed by atoms with Crippen molar-refractivity contribution in [2.24, 2.45) is 10.2 Å². The lowest BCUT2D eigenvalue weighted by Gasteiger charge is -2.04. The van der Waals surface area contributed by atoms with Crippen LogP contribution in [0.3, 0.4) is 0 Å². The molecule has 0 heterocycles. The number of carbonyl (C=O) groups is 1. The molecule has 106 valence electrons. The van der Waals surface area contributed by atoms with Crippen molar-refractivity contribution in [1.82, 2.24) is 0 Å². The average molecular weight is 280 g/mol. The van der Waals surface area contributed by atoms with Crippen molar-refractivity contribution in [2.45, 2.75) is 6.92 Å². The van der Waals surface area contributed by atoms with Gasteiger partial charge in [-0.1, -0.05) is 6.58 Å². The minimum absolute atomic E-state index is 0.203. The monoisotopic (exact) mass is 280 g/mol. The van der Waals surface area contributed by atoms with Gasteiger partial charge in [0.2, 0.25) is 0 Å². The summed E-state index contributed by atoms with van der Waals surface area (Å²) in [5.74, 6) is -0.203. The number of hydrogen-bond acceptors (Lipinski definition) is 4. The van der Waals surface area contributed by atoms with E-state index in [1.54, 1.807) is 55.5 Å². The van der Waals surface area contributed by atoms with Crippen molar-refractivity contribution in [2.75, 3.05) is 11.1 Å². The quantitative estimate of drug-likeness (QED) is 0.500. The van der Waals surface area contributed by atoms with Crippen LogP contribution in [0.1, 0.15) is 6.92 Å². The van der Waals surface area contributed by atoms with E-state index >= 15 is 0 Å². The van der Waals surface area contributed by atoms with Crippen molar-refractivity contribution in [3.63, 3.8) is 0 Å². The Morgan fingerprint density at radius 1 is 1.00 bits per heavy atom. The molecule has 0 aliphatic heterocycles. The number of nitrogens with zero attached hydrogens (tertiary/aromatic N) is 2. The second-order valence-corrected chi connectivity index (χ2v) is 4.57. The van der Waals surface area contributed by atoms with Crippen LogP contribution in [-0.2, 0) is 4.79 Å². The molecule has 0 atom stereocenters. The first-order valence-corrected chi connectivity index (χ1v) is 6.39. The van der Waals surface area contributed by atoms with E-state index in [1.165, 1.54) is 0 Å². The van der Waals surface area contributed by atoms with Gasteiger partial charge in [-0.15, -0.1) is 0 Å². The lowest BCUT2D eigenvalue weighted by Crippen LogP contribution is -2.11. The van der Waals surface area contributed by atoms with Crippen molar-refractivity contribution in [3.05, 3.63) is 60.7 Å². The Morgan fingerprint density at radius 2 is 1.48 bits per heavy atom. The van der Waals surface area contributed by atoms with E-state index in [0.717, 1.165) is 5.69 Å². The Balaban J connectivity index is 2.03. The molecule has 0 aliphatic rings. The van der Waals surface area contributed by atoms with Gasteiger partial charge in [-0.3, -0.25) is 4.79 Å². The normalized spacial score (nSPS) is 10.5. The van der Waals surface area contributed by atoms with Crippen molar-refractivity contribution >= 4 is 28.7 Å². The first kappa shape index (κ1) is 14.5. The smallest absolute Gasteiger partial charge is 0.250 e. The Bertz CT molecular complexity index is 672. The largest absolute Gasteiger partial charge is 0.399 e. The molecule has 0 saturated heterocycles. The van der Waals surface area contributed by atoms with Crippen molar-refractivity contribution in [1.29, 1.82) is 0 Å². The standard InChI is InChI=1S/C16H16N4O/c1-11(2)16(21)18-13-7-9-15(10-8-13)20-19-14-5-3-12(17)4-6-14/h3-10H,1,17H2,2H3,(H,18,21). The van der Waals surface area contributed by atoms with Gasteiger partial charge >= 0.3 is 0 Å². The summed E-state index contributed by atoms with van der Waals surface area (Å²) in [6, 6.07) is 14.2. The average Bonchev–Trinajstić information content (AvgIpc) is 2.48. The zero-order valence-corrected chi connectivity index (χ0v) is 11.7. The SMILES string of the molecule is C=C(C)C(=O)Nc1ccc(N=Nc2ccc(N)cc2)cc1. The van der Waals surface area contributed by atoms with E-state index in [-0.39, 0.29) is 5.91 Å². The molecule has 1 amide bonds. The maximum absolute atomic E-state index is 11.5. The van der Waals surface area contributed by atoms with Crippen LogP contribution in [0.2, 0.25) is 0 Å².